The molecular formula is C14H15BrN2O3S. The molecule has 0 unspecified atom stereocenters. The van der Waals surface area contributed by atoms with E-state index in [-0.39, 0.29) is 18.5 Å². The zero-order valence-corrected chi connectivity index (χ0v) is 13.9. The van der Waals surface area contributed by atoms with Crippen molar-refractivity contribution in [3.63, 3.8) is 0 Å². The number of anilines is 1. The van der Waals surface area contributed by atoms with E-state index in [2.05, 4.69) is 26.2 Å². The third-order valence-electron chi connectivity index (χ3n) is 2.70. The van der Waals surface area contributed by atoms with Gasteiger partial charge in [0.15, 0.2) is 11.7 Å². The summed E-state index contributed by atoms with van der Waals surface area (Å²) in [5.74, 6) is -0.724. The van der Waals surface area contributed by atoms with Crippen molar-refractivity contribution in [1.29, 1.82) is 0 Å². The van der Waals surface area contributed by atoms with Gasteiger partial charge in [-0.3, -0.25) is 14.9 Å². The van der Waals surface area contributed by atoms with Crippen LogP contribution in [0.5, 0.6) is 0 Å². The Bertz CT molecular complexity index is 657. The number of fused-ring (bicyclic) bond motifs is 1. The van der Waals surface area contributed by atoms with Crippen LogP contribution >= 0.6 is 27.3 Å². The molecule has 0 aliphatic heterocycles. The number of esters is 1. The van der Waals surface area contributed by atoms with E-state index >= 15 is 0 Å². The fraction of sp³-hybridized carbons (Fsp3) is 0.357. The first-order valence-electron chi connectivity index (χ1n) is 6.60. The number of nitrogens with zero attached hydrogens (tertiary/aromatic N) is 1. The molecule has 0 aliphatic carbocycles. The Morgan fingerprint density at radius 3 is 3.00 bits per heavy atom. The minimum atomic E-state index is -0.377. The van der Waals surface area contributed by atoms with Crippen molar-refractivity contribution in [3.05, 3.63) is 22.7 Å². The van der Waals surface area contributed by atoms with Crippen LogP contribution in [-0.4, -0.2) is 23.5 Å². The van der Waals surface area contributed by atoms with Gasteiger partial charge in [0.2, 0.25) is 0 Å². The van der Waals surface area contributed by atoms with E-state index in [1.165, 1.54) is 11.3 Å². The van der Waals surface area contributed by atoms with E-state index in [1.54, 1.807) is 0 Å². The molecule has 21 heavy (non-hydrogen) atoms. The Morgan fingerprint density at radius 1 is 1.43 bits per heavy atom. The Hall–Kier alpha value is -1.47. The van der Waals surface area contributed by atoms with Crippen molar-refractivity contribution in [2.24, 2.45) is 0 Å². The highest BCUT2D eigenvalue weighted by molar-refractivity contribution is 9.10. The molecule has 1 heterocycles. The summed E-state index contributed by atoms with van der Waals surface area (Å²) in [4.78, 5) is 27.3. The number of carbonyl (C=O) groups is 2. The quantitative estimate of drug-likeness (QED) is 0.786. The summed E-state index contributed by atoms with van der Waals surface area (Å²) >= 11 is 4.76. The molecule has 5 nitrogen and oxygen atoms in total. The average molecular weight is 371 g/mol. The predicted octanol–water partition coefficient (Wildman–Crippen LogP) is 3.73. The monoisotopic (exact) mass is 370 g/mol. The molecule has 2 aromatic rings. The van der Waals surface area contributed by atoms with Gasteiger partial charge < -0.3 is 4.74 Å². The number of ether oxygens (including phenoxy) is 1. The summed E-state index contributed by atoms with van der Waals surface area (Å²) in [7, 11) is 0. The summed E-state index contributed by atoms with van der Waals surface area (Å²) in [6, 6.07) is 5.70. The van der Waals surface area contributed by atoms with Crippen molar-refractivity contribution in [2.75, 3.05) is 11.9 Å². The minimum Gasteiger partial charge on any atom is -0.456 e. The predicted molar refractivity (Wildman–Crippen MR) is 86.4 cm³/mol. The van der Waals surface area contributed by atoms with Gasteiger partial charge in [-0.1, -0.05) is 40.6 Å². The topological polar surface area (TPSA) is 68.3 Å². The second-order valence-electron chi connectivity index (χ2n) is 4.44. The third kappa shape index (κ3) is 4.78. The molecular weight excluding hydrogens is 356 g/mol. The number of amides is 1. The van der Waals surface area contributed by atoms with Crippen molar-refractivity contribution >= 4 is 54.5 Å². The van der Waals surface area contributed by atoms with Gasteiger partial charge in [0.1, 0.15) is 0 Å². The van der Waals surface area contributed by atoms with Crippen LogP contribution in [0.3, 0.4) is 0 Å². The number of nitrogens with one attached hydrogen (secondary N) is 1. The van der Waals surface area contributed by atoms with Crippen molar-refractivity contribution in [1.82, 2.24) is 4.98 Å². The Balaban J connectivity index is 1.88. The second kappa shape index (κ2) is 7.51. The van der Waals surface area contributed by atoms with E-state index in [4.69, 9.17) is 4.74 Å². The molecule has 2 rings (SSSR count). The number of carbonyl (C=O) groups excluding carboxylic acids is 2. The molecule has 0 atom stereocenters. The lowest BCUT2D eigenvalue weighted by Crippen LogP contribution is -2.20. The van der Waals surface area contributed by atoms with Gasteiger partial charge in [-0.2, -0.15) is 0 Å². The maximum Gasteiger partial charge on any atom is 0.306 e. The molecule has 0 aliphatic rings. The average Bonchev–Trinajstić information content (AvgIpc) is 2.84. The fourth-order valence-corrected chi connectivity index (χ4v) is 3.08. The van der Waals surface area contributed by atoms with Gasteiger partial charge in [0.05, 0.1) is 10.2 Å². The summed E-state index contributed by atoms with van der Waals surface area (Å²) in [6.07, 6.45) is 2.04. The van der Waals surface area contributed by atoms with Gasteiger partial charge in [0.25, 0.3) is 5.91 Å². The minimum absolute atomic E-state index is 0.276. The molecule has 1 aromatic heterocycles. The number of benzene rings is 1. The largest absolute Gasteiger partial charge is 0.456 e. The Morgan fingerprint density at radius 2 is 2.24 bits per heavy atom. The summed E-state index contributed by atoms with van der Waals surface area (Å²) in [6.45, 7) is 1.72. The number of halogens is 1. The van der Waals surface area contributed by atoms with E-state index in [1.807, 2.05) is 25.1 Å². The van der Waals surface area contributed by atoms with Crippen molar-refractivity contribution < 1.29 is 14.3 Å². The molecule has 0 saturated heterocycles. The van der Waals surface area contributed by atoms with Crippen LogP contribution in [0.15, 0.2) is 22.7 Å². The molecule has 7 heteroatoms. The molecule has 0 spiro atoms. The molecule has 0 radical (unpaired) electrons. The van der Waals surface area contributed by atoms with Crippen LogP contribution < -0.4 is 5.32 Å². The fourth-order valence-electron chi connectivity index (χ4n) is 1.65. The Kier molecular flexibility index (Phi) is 5.69. The van der Waals surface area contributed by atoms with Crippen LogP contribution in [0.1, 0.15) is 26.2 Å². The van der Waals surface area contributed by atoms with Crippen molar-refractivity contribution in [2.45, 2.75) is 26.2 Å². The highest BCUT2D eigenvalue weighted by Crippen LogP contribution is 2.28. The third-order valence-corrected chi connectivity index (χ3v) is 4.12. The molecule has 0 bridgehead atoms. The highest BCUT2D eigenvalue weighted by atomic mass is 79.9. The van der Waals surface area contributed by atoms with Crippen LogP contribution in [0.2, 0.25) is 0 Å². The van der Waals surface area contributed by atoms with Gasteiger partial charge >= 0.3 is 5.97 Å². The smallest absolute Gasteiger partial charge is 0.306 e. The lowest BCUT2D eigenvalue weighted by atomic mass is 10.2. The summed E-state index contributed by atoms with van der Waals surface area (Å²) < 4.78 is 6.82. The van der Waals surface area contributed by atoms with E-state index in [0.717, 1.165) is 27.5 Å². The second-order valence-corrected chi connectivity index (χ2v) is 6.39. The zero-order valence-electron chi connectivity index (χ0n) is 11.5. The maximum atomic E-state index is 11.7. The normalized spacial score (nSPS) is 10.6. The number of unbranched alkanes of at least 4 members (excludes halogenated alkanes) is 1. The molecule has 1 amide bonds. The standard InChI is InChI=1S/C14H15BrN2O3S/c1-2-3-4-13(19)20-8-12(18)17-14-16-10-6-5-9(15)7-11(10)21-14/h5-7H,2-4,8H2,1H3,(H,16,17,18). The molecule has 0 fully saturated rings. The van der Waals surface area contributed by atoms with E-state index < -0.39 is 0 Å². The van der Waals surface area contributed by atoms with Crippen LogP contribution in [0.4, 0.5) is 5.13 Å². The van der Waals surface area contributed by atoms with Crippen LogP contribution in [0, 0.1) is 0 Å². The number of aromatic nitrogens is 1. The molecule has 112 valence electrons. The first-order valence-corrected chi connectivity index (χ1v) is 8.21. The lowest BCUT2D eigenvalue weighted by molar-refractivity contribution is -0.147. The summed E-state index contributed by atoms with van der Waals surface area (Å²) in [5.41, 5.74) is 0.818. The van der Waals surface area contributed by atoms with Gasteiger partial charge in [0, 0.05) is 10.9 Å². The zero-order chi connectivity index (χ0) is 15.2. The number of thiazole rings is 1. The first-order chi connectivity index (χ1) is 10.1. The van der Waals surface area contributed by atoms with Gasteiger partial charge in [-0.25, -0.2) is 4.98 Å². The maximum absolute atomic E-state index is 11.7. The number of hydrogen-bond donors (Lipinski definition) is 1. The molecule has 1 N–H and O–H groups in total. The molecule has 1 aromatic carbocycles. The SMILES string of the molecule is CCCCC(=O)OCC(=O)Nc1nc2ccc(Br)cc2s1. The lowest BCUT2D eigenvalue weighted by Gasteiger charge is -2.03. The van der Waals surface area contributed by atoms with E-state index in [9.17, 15) is 9.59 Å². The first kappa shape index (κ1) is 15.9. The Labute approximate surface area is 134 Å². The van der Waals surface area contributed by atoms with Gasteiger partial charge in [-0.05, 0) is 24.6 Å². The highest BCUT2D eigenvalue weighted by Gasteiger charge is 2.10. The van der Waals surface area contributed by atoms with Crippen LogP contribution in [0.25, 0.3) is 10.2 Å². The van der Waals surface area contributed by atoms with Crippen LogP contribution in [-0.2, 0) is 14.3 Å². The molecule has 0 saturated carbocycles. The summed E-state index contributed by atoms with van der Waals surface area (Å²) in [5, 5.41) is 3.14. The number of rotatable bonds is 6. The van der Waals surface area contributed by atoms with Crippen molar-refractivity contribution in [3.8, 4) is 0 Å². The van der Waals surface area contributed by atoms with Gasteiger partial charge in [-0.15, -0.1) is 0 Å². The number of hydrogen-bond acceptors (Lipinski definition) is 5. The van der Waals surface area contributed by atoms with E-state index in [0.29, 0.717) is 11.6 Å².